The van der Waals surface area contributed by atoms with Crippen LogP contribution in [0.25, 0.3) is 22.0 Å². The Labute approximate surface area is 444 Å². The Morgan fingerprint density at radius 3 is 2.49 bits per heavy atom. The second-order valence-corrected chi connectivity index (χ2v) is 24.1. The van der Waals surface area contributed by atoms with E-state index in [9.17, 15) is 18.3 Å². The molecule has 2 aliphatic carbocycles. The average molecular weight is 1050 g/mol. The molecule has 15 nitrogen and oxygen atoms in total. The highest BCUT2D eigenvalue weighted by molar-refractivity contribution is 7.90. The normalized spacial score (nSPS) is 21.5. The average Bonchev–Trinajstić information content (AvgIpc) is 4.12. The number of H-pyrrole nitrogens is 1. The Bertz CT molecular complexity index is 3350. The summed E-state index contributed by atoms with van der Waals surface area (Å²) in [6.45, 7) is 11.9. The fourth-order valence-corrected chi connectivity index (χ4v) is 13.7. The lowest BCUT2D eigenvalue weighted by molar-refractivity contribution is -0.0628. The summed E-state index contributed by atoms with van der Waals surface area (Å²) in [5.41, 5.74) is 11.4. The number of nitrogens with two attached hydrogens (primary N) is 1. The van der Waals surface area contributed by atoms with Gasteiger partial charge in [-0.15, -0.1) is 0 Å². The second kappa shape index (κ2) is 20.7. The van der Waals surface area contributed by atoms with Crippen LogP contribution in [-0.4, -0.2) is 97.2 Å². The number of furan rings is 1. The van der Waals surface area contributed by atoms with Crippen LogP contribution in [0.15, 0.2) is 113 Å². The number of carbonyl (C=O) groups excluding carboxylic acids is 1. The Morgan fingerprint density at radius 2 is 1.74 bits per heavy atom. The van der Waals surface area contributed by atoms with E-state index in [0.717, 1.165) is 81.9 Å². The number of nitrogen functional groups attached to an aromatic ring is 1. The van der Waals surface area contributed by atoms with Crippen molar-refractivity contribution in [2.45, 2.75) is 107 Å². The number of fused-ring (bicyclic) bond motifs is 2. The summed E-state index contributed by atoms with van der Waals surface area (Å²) >= 11 is 0. The third-order valence-electron chi connectivity index (χ3n) is 16.9. The van der Waals surface area contributed by atoms with E-state index < -0.39 is 27.3 Å². The number of rotatable bonds is 15. The third-order valence-corrected chi connectivity index (χ3v) is 18.3. The molecular weight excluding hydrogens is 984 g/mol. The van der Waals surface area contributed by atoms with Gasteiger partial charge in [-0.2, -0.15) is 0 Å². The molecule has 4 aliphatic rings. The first kappa shape index (κ1) is 51.4. The van der Waals surface area contributed by atoms with Gasteiger partial charge in [0.25, 0.3) is 15.9 Å². The molecule has 2 aliphatic heterocycles. The van der Waals surface area contributed by atoms with Gasteiger partial charge in [-0.25, -0.2) is 22.5 Å². The number of halogens is 1. The van der Waals surface area contributed by atoms with Gasteiger partial charge in [0, 0.05) is 80.9 Å². The van der Waals surface area contributed by atoms with Crippen molar-refractivity contribution in [3.63, 3.8) is 0 Å². The number of anilines is 3. The third kappa shape index (κ3) is 10.5. The molecule has 2 saturated carbocycles. The van der Waals surface area contributed by atoms with Gasteiger partial charge in [0.15, 0.2) is 5.58 Å². The van der Waals surface area contributed by atoms with E-state index in [1.807, 2.05) is 30.0 Å². The number of aromatic amines is 1. The van der Waals surface area contributed by atoms with Crippen LogP contribution in [0.2, 0.25) is 0 Å². The van der Waals surface area contributed by atoms with Crippen molar-refractivity contribution in [1.82, 2.24) is 24.5 Å². The van der Waals surface area contributed by atoms with E-state index in [0.29, 0.717) is 55.8 Å². The van der Waals surface area contributed by atoms with E-state index in [1.54, 1.807) is 19.4 Å². The quantitative estimate of drug-likeness (QED) is 0.0610. The summed E-state index contributed by atoms with van der Waals surface area (Å²) in [5, 5.41) is 14.8. The molecule has 5 heterocycles. The van der Waals surface area contributed by atoms with Crippen LogP contribution < -0.4 is 30.1 Å². The number of aliphatic hydroxyl groups is 1. The summed E-state index contributed by atoms with van der Waals surface area (Å²) in [6.07, 6.45) is 11.5. The Kier molecular flexibility index (Phi) is 14.0. The maximum absolute atomic E-state index is 16.7. The number of benzene rings is 4. The van der Waals surface area contributed by atoms with Crippen LogP contribution in [0.5, 0.6) is 17.2 Å². The van der Waals surface area contributed by atoms with Crippen molar-refractivity contribution >= 4 is 55.0 Å². The summed E-state index contributed by atoms with van der Waals surface area (Å²) < 4.78 is 65.0. The molecule has 17 heteroatoms. The van der Waals surface area contributed by atoms with Crippen LogP contribution >= 0.6 is 0 Å². The van der Waals surface area contributed by atoms with E-state index in [1.165, 1.54) is 47.3 Å². The molecule has 0 unspecified atom stereocenters. The van der Waals surface area contributed by atoms with E-state index in [-0.39, 0.29) is 61.7 Å². The summed E-state index contributed by atoms with van der Waals surface area (Å²) in [7, 11) is -2.93. The number of ether oxygens (including phenoxy) is 2. The lowest BCUT2D eigenvalue weighted by Gasteiger charge is -2.58. The van der Waals surface area contributed by atoms with Crippen molar-refractivity contribution in [1.29, 1.82) is 0 Å². The molecular formula is C59H69FN8O7S. The Morgan fingerprint density at radius 1 is 0.974 bits per heavy atom. The number of methoxy groups -OCH3 is 1. The van der Waals surface area contributed by atoms with Gasteiger partial charge < -0.3 is 39.9 Å². The standard InChI is InChI=1S/C59H69FN8O7S/c1-37(2)44-7-5-6-8-45(44)51-36-66(35-39-9-11-42(73-4)12-10-39)24-25-68(51)41-31-59(32-41)19-22-67(23-20-59)50-30-52(75-43-27-40-15-21-62-56(40)64-34-43)47(28-48(50)60)57(69)65-76(71,72)53-29-49(61)54(55-46(53)16-26-74-55)63-33-38-13-17-58(3,70)18-14-38/h5-12,15-16,21,26-30,34,37-38,41,51,63,70H,13-14,17-20,22-25,31-33,35-36,61H2,1-4H3,(H,62,64)(H,65,69)/t38-,51-,58-/m0/s1. The minimum Gasteiger partial charge on any atom is -0.497 e. The summed E-state index contributed by atoms with van der Waals surface area (Å²) in [6, 6.07) is 27.0. The van der Waals surface area contributed by atoms with Gasteiger partial charge in [0.05, 0.1) is 42.1 Å². The SMILES string of the molecule is COc1ccc(CN2CCN(C3CC4(CCN(c5cc(Oc6cnc7[nH]ccc7c6)c(C(=O)NS(=O)(=O)c6cc(N)c(NC[C@H]7CC[C@](C)(O)CC7)c7occc67)cc5F)CC4)C3)[C@H](c3ccccc3C(C)C)C2)cc1. The molecule has 76 heavy (non-hydrogen) atoms. The van der Waals surface area contributed by atoms with Gasteiger partial charge in [0.2, 0.25) is 0 Å². The van der Waals surface area contributed by atoms with Crippen molar-refractivity contribution in [2.75, 3.05) is 62.3 Å². The number of hydrogen-bond donors (Lipinski definition) is 5. The molecule has 1 amide bonds. The molecule has 6 N–H and O–H groups in total. The molecule has 11 rings (SSSR count). The van der Waals surface area contributed by atoms with Gasteiger partial charge in [-0.05, 0) is 135 Å². The predicted molar refractivity (Wildman–Crippen MR) is 294 cm³/mol. The van der Waals surface area contributed by atoms with Gasteiger partial charge >= 0.3 is 0 Å². The highest BCUT2D eigenvalue weighted by Gasteiger charge is 2.50. The number of piperidine rings is 1. The van der Waals surface area contributed by atoms with Crippen molar-refractivity contribution in [2.24, 2.45) is 11.3 Å². The first-order chi connectivity index (χ1) is 36.5. The molecule has 3 aromatic heterocycles. The molecule has 1 spiro atoms. The maximum atomic E-state index is 16.7. The van der Waals surface area contributed by atoms with Crippen LogP contribution in [0, 0.1) is 17.2 Å². The predicted octanol–water partition coefficient (Wildman–Crippen LogP) is 10.7. The largest absolute Gasteiger partial charge is 0.497 e. The molecule has 2 saturated heterocycles. The molecule has 1 atom stereocenters. The Balaban J connectivity index is 0.804. The minimum atomic E-state index is -4.62. The zero-order valence-electron chi connectivity index (χ0n) is 43.8. The fraction of sp³-hybridized carbons (Fsp3) is 0.424. The van der Waals surface area contributed by atoms with E-state index in [2.05, 4.69) is 80.1 Å². The highest BCUT2D eigenvalue weighted by Crippen LogP contribution is 2.54. The molecule has 0 radical (unpaired) electrons. The molecule has 4 aromatic carbocycles. The number of pyridine rings is 1. The zero-order chi connectivity index (χ0) is 52.9. The first-order valence-electron chi connectivity index (χ1n) is 26.8. The van der Waals surface area contributed by atoms with Crippen LogP contribution in [0.4, 0.5) is 21.5 Å². The molecule has 4 fully saturated rings. The minimum absolute atomic E-state index is 0.0274. The number of piperazine rings is 1. The van der Waals surface area contributed by atoms with E-state index in [4.69, 9.17) is 19.6 Å². The lowest BCUT2D eigenvalue weighted by atomic mass is 9.59. The van der Waals surface area contributed by atoms with Gasteiger partial charge in [0.1, 0.15) is 39.3 Å². The van der Waals surface area contributed by atoms with Crippen LogP contribution in [-0.2, 0) is 16.6 Å². The molecule has 0 bridgehead atoms. The molecule has 400 valence electrons. The fourth-order valence-electron chi connectivity index (χ4n) is 12.5. The number of nitrogens with zero attached hydrogens (tertiary/aromatic N) is 4. The number of aromatic nitrogens is 2. The van der Waals surface area contributed by atoms with Gasteiger partial charge in [-0.3, -0.25) is 14.6 Å². The van der Waals surface area contributed by atoms with Crippen molar-refractivity contribution in [3.8, 4) is 17.2 Å². The lowest BCUT2D eigenvalue weighted by Crippen LogP contribution is -2.60. The van der Waals surface area contributed by atoms with Crippen LogP contribution in [0.3, 0.4) is 0 Å². The molecule has 7 aromatic rings. The second-order valence-electron chi connectivity index (χ2n) is 22.4. The monoisotopic (exact) mass is 1050 g/mol. The van der Waals surface area contributed by atoms with Crippen molar-refractivity contribution in [3.05, 3.63) is 132 Å². The first-order valence-corrected chi connectivity index (χ1v) is 28.2. The topological polar surface area (TPSA) is 192 Å². The van der Waals surface area contributed by atoms with Crippen LogP contribution in [0.1, 0.15) is 111 Å². The number of sulfonamides is 1. The smallest absolute Gasteiger partial charge is 0.268 e. The van der Waals surface area contributed by atoms with E-state index >= 15 is 4.39 Å². The number of hydrogen-bond acceptors (Lipinski definition) is 13. The number of nitrogens with one attached hydrogen (secondary N) is 3. The zero-order valence-corrected chi connectivity index (χ0v) is 44.6. The van der Waals surface area contributed by atoms with Crippen molar-refractivity contribution < 1.29 is 36.6 Å². The summed E-state index contributed by atoms with van der Waals surface area (Å²) in [4.78, 5) is 28.9. The summed E-state index contributed by atoms with van der Waals surface area (Å²) in [5.74, 6) is 0.0288. The maximum Gasteiger partial charge on any atom is 0.268 e. The number of amides is 1. The number of carbonyl (C=O) groups is 1. The van der Waals surface area contributed by atoms with Gasteiger partial charge in [-0.1, -0.05) is 50.2 Å². The highest BCUT2D eigenvalue weighted by atomic mass is 32.2. The Hall–Kier alpha value is -6.66.